The summed E-state index contributed by atoms with van der Waals surface area (Å²) in [4.78, 5) is 16.3. The summed E-state index contributed by atoms with van der Waals surface area (Å²) in [5.74, 6) is -0.142. The molecule has 0 saturated carbocycles. The topological polar surface area (TPSA) is 42.0 Å². The second-order valence-electron chi connectivity index (χ2n) is 5.59. The van der Waals surface area contributed by atoms with Crippen LogP contribution in [0, 0.1) is 0 Å². The van der Waals surface area contributed by atoms with Crippen molar-refractivity contribution in [2.24, 2.45) is 0 Å². The first kappa shape index (κ1) is 16.7. The molecule has 0 aliphatic rings. The van der Waals surface area contributed by atoms with Crippen molar-refractivity contribution in [3.05, 3.63) is 75.9 Å². The molecule has 0 unspecified atom stereocenters. The van der Waals surface area contributed by atoms with Crippen molar-refractivity contribution in [3.8, 4) is 0 Å². The average molecular weight is 359 g/mol. The number of halogens is 2. The van der Waals surface area contributed by atoms with Gasteiger partial charge in [-0.05, 0) is 24.3 Å². The highest BCUT2D eigenvalue weighted by molar-refractivity contribution is 6.36. The lowest BCUT2D eigenvalue weighted by Gasteiger charge is -2.20. The van der Waals surface area contributed by atoms with Gasteiger partial charge in [0.15, 0.2) is 0 Å². The number of nitrogens with zero attached hydrogens (tertiary/aromatic N) is 1. The molecule has 1 aromatic heterocycles. The van der Waals surface area contributed by atoms with E-state index in [1.165, 1.54) is 6.92 Å². The van der Waals surface area contributed by atoms with Crippen molar-refractivity contribution >= 4 is 40.0 Å². The molecule has 0 bridgehead atoms. The zero-order chi connectivity index (χ0) is 17.1. The monoisotopic (exact) mass is 358 g/mol. The van der Waals surface area contributed by atoms with Gasteiger partial charge in [-0.2, -0.15) is 0 Å². The Bertz CT molecular complexity index is 875. The van der Waals surface area contributed by atoms with Crippen molar-refractivity contribution in [2.75, 3.05) is 0 Å². The predicted molar refractivity (Wildman–Crippen MR) is 98.5 cm³/mol. The van der Waals surface area contributed by atoms with Gasteiger partial charge in [-0.1, -0.05) is 53.5 Å². The van der Waals surface area contributed by atoms with Crippen LogP contribution >= 0.6 is 23.2 Å². The van der Waals surface area contributed by atoms with Crippen LogP contribution in [0.4, 0.5) is 0 Å². The molecule has 2 aromatic carbocycles. The average Bonchev–Trinajstić information content (AvgIpc) is 2.54. The van der Waals surface area contributed by atoms with Crippen molar-refractivity contribution in [3.63, 3.8) is 0 Å². The number of carbonyl (C=O) groups excluding carboxylic acids is 1. The van der Waals surface area contributed by atoms with Crippen LogP contribution in [-0.2, 0) is 11.2 Å². The standard InChI is InChI=1S/C19H16Cl2N2O/c1-12(24)22-18(19-15(20)6-4-7-16(19)21)11-14-10-9-13-5-2-3-8-17(13)23-14/h2-10,18H,11H2,1H3,(H,22,24)/t18-/m1/s1. The van der Waals surface area contributed by atoms with Gasteiger partial charge in [-0.15, -0.1) is 0 Å². The van der Waals surface area contributed by atoms with Gasteiger partial charge < -0.3 is 5.32 Å². The number of hydrogen-bond acceptors (Lipinski definition) is 2. The number of hydrogen-bond donors (Lipinski definition) is 1. The largest absolute Gasteiger partial charge is 0.349 e. The highest BCUT2D eigenvalue weighted by Gasteiger charge is 2.20. The van der Waals surface area contributed by atoms with Gasteiger partial charge in [-0.3, -0.25) is 9.78 Å². The van der Waals surface area contributed by atoms with Crippen molar-refractivity contribution in [2.45, 2.75) is 19.4 Å². The number of para-hydroxylation sites is 1. The van der Waals surface area contributed by atoms with E-state index in [2.05, 4.69) is 10.3 Å². The minimum atomic E-state index is -0.336. The quantitative estimate of drug-likeness (QED) is 0.715. The molecular formula is C19H16Cl2N2O. The van der Waals surface area contributed by atoms with E-state index in [0.29, 0.717) is 22.0 Å². The summed E-state index contributed by atoms with van der Waals surface area (Å²) in [6.45, 7) is 1.48. The molecule has 0 aliphatic carbocycles. The molecule has 0 spiro atoms. The molecule has 0 fully saturated rings. The fraction of sp³-hybridized carbons (Fsp3) is 0.158. The van der Waals surface area contributed by atoms with Crippen LogP contribution in [-0.4, -0.2) is 10.9 Å². The molecule has 1 amide bonds. The summed E-state index contributed by atoms with van der Waals surface area (Å²) < 4.78 is 0. The maximum absolute atomic E-state index is 11.6. The molecule has 3 rings (SSSR count). The molecule has 0 aliphatic heterocycles. The number of amides is 1. The Morgan fingerprint density at radius 3 is 2.46 bits per heavy atom. The van der Waals surface area contributed by atoms with E-state index in [4.69, 9.17) is 23.2 Å². The Morgan fingerprint density at radius 2 is 1.75 bits per heavy atom. The first-order chi connectivity index (χ1) is 11.5. The molecule has 122 valence electrons. The molecule has 0 radical (unpaired) electrons. The number of rotatable bonds is 4. The van der Waals surface area contributed by atoms with E-state index in [9.17, 15) is 4.79 Å². The lowest BCUT2D eigenvalue weighted by molar-refractivity contribution is -0.119. The van der Waals surface area contributed by atoms with E-state index >= 15 is 0 Å². The van der Waals surface area contributed by atoms with Crippen molar-refractivity contribution in [1.82, 2.24) is 10.3 Å². The molecule has 5 heteroatoms. The molecule has 1 N–H and O–H groups in total. The van der Waals surface area contributed by atoms with Crippen molar-refractivity contribution in [1.29, 1.82) is 0 Å². The first-order valence-electron chi connectivity index (χ1n) is 7.60. The maximum Gasteiger partial charge on any atom is 0.217 e. The van der Waals surface area contributed by atoms with E-state index in [0.717, 1.165) is 16.6 Å². The van der Waals surface area contributed by atoms with Gasteiger partial charge in [0.2, 0.25) is 5.91 Å². The summed E-state index contributed by atoms with van der Waals surface area (Å²) in [5, 5.41) is 5.06. The maximum atomic E-state index is 11.6. The minimum absolute atomic E-state index is 0.142. The Kier molecular flexibility index (Phi) is 5.03. The highest BCUT2D eigenvalue weighted by Crippen LogP contribution is 2.32. The number of benzene rings is 2. The minimum Gasteiger partial charge on any atom is -0.349 e. The summed E-state index contributed by atoms with van der Waals surface area (Å²) in [7, 11) is 0. The third kappa shape index (κ3) is 3.69. The van der Waals surface area contributed by atoms with Gasteiger partial charge in [0.1, 0.15) is 0 Å². The third-order valence-electron chi connectivity index (χ3n) is 3.80. The third-order valence-corrected chi connectivity index (χ3v) is 4.45. The number of fused-ring (bicyclic) bond motifs is 1. The van der Waals surface area contributed by atoms with E-state index < -0.39 is 0 Å². The Balaban J connectivity index is 1.98. The van der Waals surface area contributed by atoms with Crippen LogP contribution < -0.4 is 5.32 Å². The van der Waals surface area contributed by atoms with Crippen LogP contribution in [0.2, 0.25) is 10.0 Å². The number of aromatic nitrogens is 1. The molecule has 3 aromatic rings. The van der Waals surface area contributed by atoms with E-state index in [-0.39, 0.29) is 11.9 Å². The summed E-state index contributed by atoms with van der Waals surface area (Å²) >= 11 is 12.6. The highest BCUT2D eigenvalue weighted by atomic mass is 35.5. The second-order valence-corrected chi connectivity index (χ2v) is 6.40. The van der Waals surface area contributed by atoms with Crippen LogP contribution in [0.3, 0.4) is 0 Å². The first-order valence-corrected chi connectivity index (χ1v) is 8.36. The number of nitrogens with one attached hydrogen (secondary N) is 1. The fourth-order valence-corrected chi connectivity index (χ4v) is 3.41. The van der Waals surface area contributed by atoms with E-state index in [1.807, 2.05) is 36.4 Å². The normalized spacial score (nSPS) is 12.1. The zero-order valence-electron chi connectivity index (χ0n) is 13.1. The summed E-state index contributed by atoms with van der Waals surface area (Å²) in [5.41, 5.74) is 2.50. The Labute approximate surface area is 150 Å². The molecule has 3 nitrogen and oxygen atoms in total. The Morgan fingerprint density at radius 1 is 1.04 bits per heavy atom. The lowest BCUT2D eigenvalue weighted by atomic mass is 10.0. The van der Waals surface area contributed by atoms with Gasteiger partial charge in [0.25, 0.3) is 0 Å². The Hall–Kier alpha value is -2.10. The lowest BCUT2D eigenvalue weighted by Crippen LogP contribution is -2.28. The molecular weight excluding hydrogens is 343 g/mol. The second kappa shape index (κ2) is 7.20. The molecule has 1 heterocycles. The van der Waals surface area contributed by atoms with Crippen molar-refractivity contribution < 1.29 is 4.79 Å². The molecule has 0 saturated heterocycles. The molecule has 1 atom stereocenters. The van der Waals surface area contributed by atoms with Crippen LogP contribution in [0.15, 0.2) is 54.6 Å². The summed E-state index contributed by atoms with van der Waals surface area (Å²) in [6.07, 6.45) is 0.508. The summed E-state index contributed by atoms with van der Waals surface area (Å²) in [6, 6.07) is 16.9. The van der Waals surface area contributed by atoms with Gasteiger partial charge in [0, 0.05) is 40.0 Å². The molecule has 24 heavy (non-hydrogen) atoms. The smallest absolute Gasteiger partial charge is 0.217 e. The fourth-order valence-electron chi connectivity index (χ4n) is 2.75. The number of carbonyl (C=O) groups is 1. The van der Waals surface area contributed by atoms with Gasteiger partial charge in [0.05, 0.1) is 11.6 Å². The van der Waals surface area contributed by atoms with Gasteiger partial charge >= 0.3 is 0 Å². The predicted octanol–water partition coefficient (Wildman–Crippen LogP) is 4.96. The van der Waals surface area contributed by atoms with Gasteiger partial charge in [-0.25, -0.2) is 0 Å². The van der Waals surface area contributed by atoms with Crippen LogP contribution in [0.1, 0.15) is 24.2 Å². The SMILES string of the molecule is CC(=O)N[C@H](Cc1ccc2ccccc2n1)c1c(Cl)cccc1Cl. The zero-order valence-corrected chi connectivity index (χ0v) is 14.6. The number of pyridine rings is 1. The van der Waals surface area contributed by atoms with Crippen LogP contribution in [0.25, 0.3) is 10.9 Å². The van der Waals surface area contributed by atoms with E-state index in [1.54, 1.807) is 18.2 Å². The van der Waals surface area contributed by atoms with Crippen LogP contribution in [0.5, 0.6) is 0 Å².